The van der Waals surface area contributed by atoms with Crippen LogP contribution in [-0.4, -0.2) is 20.1 Å². The van der Waals surface area contributed by atoms with Gasteiger partial charge in [-0.25, -0.2) is 0 Å². The molecule has 0 saturated heterocycles. The van der Waals surface area contributed by atoms with Crippen LogP contribution in [0, 0.1) is 0 Å². The van der Waals surface area contributed by atoms with Gasteiger partial charge >= 0.3 is 0 Å². The number of guanidine groups is 1. The van der Waals surface area contributed by atoms with Gasteiger partial charge in [-0.2, -0.15) is 0 Å². The summed E-state index contributed by atoms with van der Waals surface area (Å²) >= 11 is 0. The molecular weight excluding hydrogens is 401 g/mol. The van der Waals surface area contributed by atoms with Crippen LogP contribution in [0.2, 0.25) is 0 Å². The van der Waals surface area contributed by atoms with E-state index in [0.717, 1.165) is 12.5 Å². The molecule has 0 bridgehead atoms. The monoisotopic (exact) mass is 425 g/mol. The van der Waals surface area contributed by atoms with Gasteiger partial charge in [-0.1, -0.05) is 54.6 Å². The summed E-state index contributed by atoms with van der Waals surface area (Å²) in [5, 5.41) is 6.25. The van der Waals surface area contributed by atoms with E-state index < -0.39 is 0 Å². The molecule has 23 heavy (non-hydrogen) atoms. The zero-order valence-corrected chi connectivity index (χ0v) is 15.9. The molecule has 0 aromatic heterocycles. The molecular formula is C18H24IN3O. The fraction of sp³-hybridized carbons (Fsp3) is 0.278. The highest BCUT2D eigenvalue weighted by Gasteiger charge is 1.99. The fourth-order valence-electron chi connectivity index (χ4n) is 2.16. The van der Waals surface area contributed by atoms with Gasteiger partial charge in [0.25, 0.3) is 0 Å². The smallest absolute Gasteiger partial charge is 0.190 e. The number of aliphatic imine (C=N–C) groups is 1. The minimum atomic E-state index is 0. The average Bonchev–Trinajstić information content (AvgIpc) is 2.57. The zero-order chi connectivity index (χ0) is 15.6. The first-order valence-corrected chi connectivity index (χ1v) is 7.39. The normalized spacial score (nSPS) is 10.8. The number of halogens is 1. The number of rotatable bonds is 6. The molecule has 0 saturated carbocycles. The van der Waals surface area contributed by atoms with Crippen LogP contribution in [0.15, 0.2) is 59.6 Å². The van der Waals surface area contributed by atoms with Gasteiger partial charge in [0.15, 0.2) is 5.96 Å². The summed E-state index contributed by atoms with van der Waals surface area (Å²) in [5.74, 6) is 0.783. The molecule has 0 atom stereocenters. The van der Waals surface area contributed by atoms with E-state index in [0.29, 0.717) is 13.2 Å². The lowest BCUT2D eigenvalue weighted by atomic mass is 10.1. The van der Waals surface area contributed by atoms with Crippen LogP contribution in [-0.2, 0) is 24.5 Å². The van der Waals surface area contributed by atoms with Gasteiger partial charge in [0, 0.05) is 20.6 Å². The van der Waals surface area contributed by atoms with Crippen molar-refractivity contribution in [1.29, 1.82) is 0 Å². The molecule has 0 amide bonds. The quantitative estimate of drug-likeness (QED) is 0.424. The fourth-order valence-corrected chi connectivity index (χ4v) is 2.16. The number of benzene rings is 2. The minimum absolute atomic E-state index is 0. The first-order valence-electron chi connectivity index (χ1n) is 7.39. The van der Waals surface area contributed by atoms with E-state index in [2.05, 4.69) is 52.0 Å². The average molecular weight is 425 g/mol. The van der Waals surface area contributed by atoms with Crippen LogP contribution in [0.1, 0.15) is 16.7 Å². The van der Waals surface area contributed by atoms with E-state index in [4.69, 9.17) is 4.74 Å². The molecule has 0 heterocycles. The van der Waals surface area contributed by atoms with Crippen molar-refractivity contribution in [3.05, 3.63) is 71.3 Å². The summed E-state index contributed by atoms with van der Waals surface area (Å²) in [5.41, 5.74) is 3.57. The predicted molar refractivity (Wildman–Crippen MR) is 106 cm³/mol. The van der Waals surface area contributed by atoms with Crippen molar-refractivity contribution >= 4 is 29.9 Å². The van der Waals surface area contributed by atoms with Crippen molar-refractivity contribution in [2.45, 2.75) is 19.8 Å². The third-order valence-corrected chi connectivity index (χ3v) is 3.29. The van der Waals surface area contributed by atoms with Crippen LogP contribution < -0.4 is 10.6 Å². The number of ether oxygens (including phenoxy) is 1. The Morgan fingerprint density at radius 3 is 2.30 bits per heavy atom. The Labute approximate surface area is 155 Å². The van der Waals surface area contributed by atoms with Crippen molar-refractivity contribution in [3.63, 3.8) is 0 Å². The van der Waals surface area contributed by atoms with Gasteiger partial charge in [0.1, 0.15) is 0 Å². The molecule has 124 valence electrons. The summed E-state index contributed by atoms with van der Waals surface area (Å²) in [7, 11) is 3.61. The third-order valence-electron chi connectivity index (χ3n) is 3.29. The minimum Gasteiger partial charge on any atom is -0.372 e. The number of hydrogen-bond donors (Lipinski definition) is 2. The Morgan fingerprint density at radius 2 is 1.61 bits per heavy atom. The van der Waals surface area contributed by atoms with Crippen LogP contribution in [0.4, 0.5) is 0 Å². The lowest BCUT2D eigenvalue weighted by Crippen LogP contribution is -2.34. The Kier molecular flexibility index (Phi) is 9.31. The van der Waals surface area contributed by atoms with Gasteiger partial charge in [-0.3, -0.25) is 4.99 Å². The van der Waals surface area contributed by atoms with E-state index in [1.54, 1.807) is 7.05 Å². The summed E-state index contributed by atoms with van der Waals surface area (Å²) in [6.45, 7) is 1.99. The number of nitrogens with zero attached hydrogens (tertiary/aromatic N) is 1. The highest BCUT2D eigenvalue weighted by Crippen LogP contribution is 2.08. The molecule has 2 rings (SSSR count). The molecule has 0 spiro atoms. The van der Waals surface area contributed by atoms with Crippen molar-refractivity contribution < 1.29 is 4.74 Å². The van der Waals surface area contributed by atoms with E-state index in [1.807, 2.05) is 25.2 Å². The zero-order valence-electron chi connectivity index (χ0n) is 13.6. The second-order valence-electron chi connectivity index (χ2n) is 4.97. The Balaban J connectivity index is 0.00000264. The third kappa shape index (κ3) is 7.00. The molecule has 2 aromatic carbocycles. The molecule has 4 nitrogen and oxygen atoms in total. The van der Waals surface area contributed by atoms with Crippen molar-refractivity contribution in [2.75, 3.05) is 14.1 Å². The Morgan fingerprint density at radius 1 is 0.957 bits per heavy atom. The first-order chi connectivity index (χ1) is 10.8. The largest absolute Gasteiger partial charge is 0.372 e. The lowest BCUT2D eigenvalue weighted by Gasteiger charge is -2.10. The van der Waals surface area contributed by atoms with Gasteiger partial charge in [0.05, 0.1) is 13.2 Å². The summed E-state index contributed by atoms with van der Waals surface area (Å²) in [6, 6.07) is 18.6. The van der Waals surface area contributed by atoms with Gasteiger partial charge in [-0.15, -0.1) is 24.0 Å². The highest BCUT2D eigenvalue weighted by atomic mass is 127. The van der Waals surface area contributed by atoms with Gasteiger partial charge in [-0.05, 0) is 16.7 Å². The second-order valence-corrected chi connectivity index (χ2v) is 4.97. The SMILES string of the molecule is CN=C(NC)NCc1cccc(COCc2ccccc2)c1.I. The van der Waals surface area contributed by atoms with Gasteiger partial charge < -0.3 is 15.4 Å². The molecule has 0 fully saturated rings. The summed E-state index contributed by atoms with van der Waals surface area (Å²) < 4.78 is 5.77. The molecule has 2 N–H and O–H groups in total. The molecule has 0 aliphatic rings. The summed E-state index contributed by atoms with van der Waals surface area (Å²) in [4.78, 5) is 4.10. The molecule has 0 radical (unpaired) electrons. The maximum absolute atomic E-state index is 5.77. The highest BCUT2D eigenvalue weighted by molar-refractivity contribution is 14.0. The topological polar surface area (TPSA) is 45.7 Å². The number of nitrogens with one attached hydrogen (secondary N) is 2. The molecule has 5 heteroatoms. The van der Waals surface area contributed by atoms with E-state index in [9.17, 15) is 0 Å². The predicted octanol–water partition coefficient (Wildman–Crippen LogP) is 3.32. The molecule has 0 unspecified atom stereocenters. The van der Waals surface area contributed by atoms with E-state index in [-0.39, 0.29) is 24.0 Å². The molecule has 2 aromatic rings. The molecule has 0 aliphatic carbocycles. The van der Waals surface area contributed by atoms with Crippen molar-refractivity contribution in [1.82, 2.24) is 10.6 Å². The first kappa shape index (κ1) is 19.4. The van der Waals surface area contributed by atoms with Crippen LogP contribution >= 0.6 is 24.0 Å². The molecule has 0 aliphatic heterocycles. The maximum Gasteiger partial charge on any atom is 0.190 e. The summed E-state index contributed by atoms with van der Waals surface area (Å²) in [6.07, 6.45) is 0. The van der Waals surface area contributed by atoms with Crippen molar-refractivity contribution in [3.8, 4) is 0 Å². The maximum atomic E-state index is 5.77. The Bertz CT molecular complexity index is 602. The van der Waals surface area contributed by atoms with Crippen LogP contribution in [0.3, 0.4) is 0 Å². The second kappa shape index (κ2) is 11.0. The van der Waals surface area contributed by atoms with Crippen LogP contribution in [0.5, 0.6) is 0 Å². The van der Waals surface area contributed by atoms with Gasteiger partial charge in [0.2, 0.25) is 0 Å². The standard InChI is InChI=1S/C18H23N3O.HI/c1-19-18(20-2)21-12-16-9-6-10-17(11-16)14-22-13-15-7-4-3-5-8-15;/h3-11H,12-14H2,1-2H3,(H2,19,20,21);1H. The van der Waals surface area contributed by atoms with E-state index >= 15 is 0 Å². The number of hydrogen-bond acceptors (Lipinski definition) is 2. The van der Waals surface area contributed by atoms with E-state index in [1.165, 1.54) is 16.7 Å². The van der Waals surface area contributed by atoms with Crippen LogP contribution in [0.25, 0.3) is 0 Å². The van der Waals surface area contributed by atoms with Crippen molar-refractivity contribution in [2.24, 2.45) is 4.99 Å². The Hall–Kier alpha value is -1.60. The lowest BCUT2D eigenvalue weighted by molar-refractivity contribution is 0.107.